The quantitative estimate of drug-likeness (QED) is 0.617. The lowest BCUT2D eigenvalue weighted by Gasteiger charge is -2.35. The van der Waals surface area contributed by atoms with E-state index in [2.05, 4.69) is 6.58 Å². The van der Waals surface area contributed by atoms with Gasteiger partial charge in [0.1, 0.15) is 6.10 Å². The van der Waals surface area contributed by atoms with Gasteiger partial charge in [0.15, 0.2) is 5.60 Å². The van der Waals surface area contributed by atoms with Gasteiger partial charge in [-0.05, 0) is 25.3 Å². The van der Waals surface area contributed by atoms with Gasteiger partial charge in [-0.15, -0.1) is 0 Å². The summed E-state index contributed by atoms with van der Waals surface area (Å²) < 4.78 is 11.7. The van der Waals surface area contributed by atoms with Crippen molar-refractivity contribution in [3.63, 3.8) is 0 Å². The third kappa shape index (κ3) is 1.98. The van der Waals surface area contributed by atoms with Gasteiger partial charge >= 0.3 is 5.97 Å². The van der Waals surface area contributed by atoms with E-state index in [1.807, 2.05) is 30.3 Å². The molecule has 19 heavy (non-hydrogen) atoms. The number of carbonyl (C=O) groups excluding carboxylic acids is 1. The van der Waals surface area contributed by atoms with Gasteiger partial charge < -0.3 is 9.47 Å². The summed E-state index contributed by atoms with van der Waals surface area (Å²) in [4.78, 5) is 12.0. The van der Waals surface area contributed by atoms with Crippen molar-refractivity contribution >= 4 is 5.97 Å². The number of esters is 1. The predicted molar refractivity (Wildman–Crippen MR) is 71.5 cm³/mol. The van der Waals surface area contributed by atoms with E-state index in [1.54, 1.807) is 6.92 Å². The van der Waals surface area contributed by atoms with E-state index < -0.39 is 5.60 Å². The standard InChI is InChI=1S/C16H18O3/c1-11(2)15(17)19-16(12-6-4-3-5-7-12)10-13-8-9-14(16)18-13/h3-7,13-14H,1,8-10H2,2H3. The molecule has 1 aromatic carbocycles. The minimum atomic E-state index is -0.625. The Morgan fingerprint density at radius 3 is 2.63 bits per heavy atom. The third-order valence-electron chi connectivity index (χ3n) is 4.04. The predicted octanol–water partition coefficient (Wildman–Crippen LogP) is 2.95. The van der Waals surface area contributed by atoms with E-state index in [0.717, 1.165) is 24.8 Å². The van der Waals surface area contributed by atoms with Gasteiger partial charge in [-0.25, -0.2) is 4.79 Å². The molecule has 2 aliphatic rings. The summed E-state index contributed by atoms with van der Waals surface area (Å²) in [5.74, 6) is -0.333. The maximum absolute atomic E-state index is 12.0. The zero-order valence-corrected chi connectivity index (χ0v) is 11.1. The first-order valence-corrected chi connectivity index (χ1v) is 6.71. The molecule has 2 heterocycles. The molecular weight excluding hydrogens is 240 g/mol. The topological polar surface area (TPSA) is 35.5 Å². The van der Waals surface area contributed by atoms with Gasteiger partial charge in [0, 0.05) is 12.0 Å². The zero-order chi connectivity index (χ0) is 13.5. The average molecular weight is 258 g/mol. The molecule has 0 spiro atoms. The molecule has 0 N–H and O–H groups in total. The van der Waals surface area contributed by atoms with Crippen molar-refractivity contribution in [3.8, 4) is 0 Å². The molecule has 2 bridgehead atoms. The van der Waals surface area contributed by atoms with Crippen molar-refractivity contribution in [2.24, 2.45) is 0 Å². The number of rotatable bonds is 3. The summed E-state index contributed by atoms with van der Waals surface area (Å²) in [6, 6.07) is 9.92. The molecule has 0 aliphatic carbocycles. The Bertz CT molecular complexity index is 508. The maximum Gasteiger partial charge on any atom is 0.334 e. The lowest BCUT2D eigenvalue weighted by Crippen LogP contribution is -2.41. The smallest absolute Gasteiger partial charge is 0.334 e. The van der Waals surface area contributed by atoms with Crippen molar-refractivity contribution < 1.29 is 14.3 Å². The Hall–Kier alpha value is -1.61. The molecule has 3 rings (SSSR count). The van der Waals surface area contributed by atoms with Gasteiger partial charge in [-0.3, -0.25) is 0 Å². The highest BCUT2D eigenvalue weighted by molar-refractivity contribution is 5.87. The highest BCUT2D eigenvalue weighted by Gasteiger charge is 2.56. The van der Waals surface area contributed by atoms with Gasteiger partial charge in [-0.1, -0.05) is 36.9 Å². The molecule has 0 amide bonds. The second kappa shape index (κ2) is 4.49. The molecule has 100 valence electrons. The fraction of sp³-hybridized carbons (Fsp3) is 0.438. The molecule has 1 aromatic rings. The number of fused-ring (bicyclic) bond motifs is 2. The van der Waals surface area contributed by atoms with E-state index in [0.29, 0.717) is 5.57 Å². The van der Waals surface area contributed by atoms with Crippen LogP contribution in [0.1, 0.15) is 31.7 Å². The minimum Gasteiger partial charge on any atom is -0.448 e. The lowest BCUT2D eigenvalue weighted by atomic mass is 9.79. The van der Waals surface area contributed by atoms with Gasteiger partial charge in [0.25, 0.3) is 0 Å². The first kappa shape index (κ1) is 12.4. The van der Waals surface area contributed by atoms with Crippen LogP contribution in [0, 0.1) is 0 Å². The summed E-state index contributed by atoms with van der Waals surface area (Å²) in [5.41, 5.74) is 0.829. The van der Waals surface area contributed by atoms with Crippen molar-refractivity contribution in [2.45, 2.75) is 44.0 Å². The molecule has 2 saturated heterocycles. The van der Waals surface area contributed by atoms with Crippen molar-refractivity contribution in [1.82, 2.24) is 0 Å². The van der Waals surface area contributed by atoms with Crippen LogP contribution in [-0.4, -0.2) is 18.2 Å². The summed E-state index contributed by atoms with van der Waals surface area (Å²) >= 11 is 0. The highest BCUT2D eigenvalue weighted by Crippen LogP contribution is 2.50. The number of hydrogen-bond donors (Lipinski definition) is 0. The largest absolute Gasteiger partial charge is 0.448 e. The first-order chi connectivity index (χ1) is 9.12. The Morgan fingerprint density at radius 1 is 1.37 bits per heavy atom. The number of ether oxygens (including phenoxy) is 2. The fourth-order valence-corrected chi connectivity index (χ4v) is 3.11. The molecule has 2 fully saturated rings. The monoisotopic (exact) mass is 258 g/mol. The molecule has 3 nitrogen and oxygen atoms in total. The van der Waals surface area contributed by atoms with Crippen LogP contribution < -0.4 is 0 Å². The Labute approximate surface area is 113 Å². The normalized spacial score (nSPS) is 32.3. The zero-order valence-electron chi connectivity index (χ0n) is 11.1. The average Bonchev–Trinajstić information content (AvgIpc) is 3.00. The van der Waals surface area contributed by atoms with Gasteiger partial charge in [0.05, 0.1) is 6.10 Å². The number of hydrogen-bond acceptors (Lipinski definition) is 3. The summed E-state index contributed by atoms with van der Waals surface area (Å²) in [7, 11) is 0. The summed E-state index contributed by atoms with van der Waals surface area (Å²) in [6.07, 6.45) is 2.94. The van der Waals surface area contributed by atoms with Crippen molar-refractivity contribution in [2.75, 3.05) is 0 Å². The van der Waals surface area contributed by atoms with E-state index in [-0.39, 0.29) is 18.2 Å². The molecular formula is C16H18O3. The van der Waals surface area contributed by atoms with Crippen molar-refractivity contribution in [1.29, 1.82) is 0 Å². The molecule has 3 unspecified atom stereocenters. The van der Waals surface area contributed by atoms with E-state index in [4.69, 9.17) is 9.47 Å². The van der Waals surface area contributed by atoms with E-state index in [9.17, 15) is 4.79 Å². The van der Waals surface area contributed by atoms with Crippen LogP contribution in [0.15, 0.2) is 42.5 Å². The third-order valence-corrected chi connectivity index (χ3v) is 4.04. The van der Waals surface area contributed by atoms with Crippen LogP contribution in [0.5, 0.6) is 0 Å². The van der Waals surface area contributed by atoms with Crippen molar-refractivity contribution in [3.05, 3.63) is 48.0 Å². The SMILES string of the molecule is C=C(C)C(=O)OC1(c2ccccc2)CC2CCC1O2. The van der Waals surface area contributed by atoms with Crippen LogP contribution in [0.4, 0.5) is 0 Å². The molecule has 0 radical (unpaired) electrons. The minimum absolute atomic E-state index is 0.0248. The number of benzene rings is 1. The lowest BCUT2D eigenvalue weighted by molar-refractivity contribution is -0.162. The van der Waals surface area contributed by atoms with Crippen LogP contribution in [0.3, 0.4) is 0 Å². The first-order valence-electron chi connectivity index (χ1n) is 6.71. The van der Waals surface area contributed by atoms with Crippen LogP contribution in [0.2, 0.25) is 0 Å². The molecule has 3 heteroatoms. The maximum atomic E-state index is 12.0. The number of carbonyl (C=O) groups is 1. The second-order valence-electron chi connectivity index (χ2n) is 5.45. The van der Waals surface area contributed by atoms with Gasteiger partial charge in [-0.2, -0.15) is 0 Å². The molecule has 2 aliphatic heterocycles. The summed E-state index contributed by atoms with van der Waals surface area (Å²) in [6.45, 7) is 5.34. The highest BCUT2D eigenvalue weighted by atomic mass is 16.6. The van der Waals surface area contributed by atoms with E-state index >= 15 is 0 Å². The van der Waals surface area contributed by atoms with Crippen LogP contribution in [-0.2, 0) is 19.9 Å². The summed E-state index contributed by atoms with van der Waals surface area (Å²) in [5, 5.41) is 0. The van der Waals surface area contributed by atoms with Crippen LogP contribution in [0.25, 0.3) is 0 Å². The molecule has 0 aromatic heterocycles. The molecule has 3 atom stereocenters. The second-order valence-corrected chi connectivity index (χ2v) is 5.45. The fourth-order valence-electron chi connectivity index (χ4n) is 3.11. The van der Waals surface area contributed by atoms with Gasteiger partial charge in [0.2, 0.25) is 0 Å². The Kier molecular flexibility index (Phi) is 2.94. The van der Waals surface area contributed by atoms with Crippen LogP contribution >= 0.6 is 0 Å². The molecule has 0 saturated carbocycles. The van der Waals surface area contributed by atoms with E-state index in [1.165, 1.54) is 0 Å². The Morgan fingerprint density at radius 2 is 2.11 bits per heavy atom. The Balaban J connectivity index is 1.97.